The van der Waals surface area contributed by atoms with Crippen LogP contribution in [0, 0.1) is 5.82 Å². The summed E-state index contributed by atoms with van der Waals surface area (Å²) in [5.74, 6) is -0.893. The molecule has 0 radical (unpaired) electrons. The molecule has 0 atom stereocenters. The van der Waals surface area contributed by atoms with E-state index in [1.54, 1.807) is 0 Å². The molecule has 0 bridgehead atoms. The molecule has 0 spiro atoms. The first-order valence-electron chi connectivity index (χ1n) is 9.00. The summed E-state index contributed by atoms with van der Waals surface area (Å²) in [5.41, 5.74) is 0. The summed E-state index contributed by atoms with van der Waals surface area (Å²) in [4.78, 5) is 11.9. The maximum atomic E-state index is 12.9. The van der Waals surface area contributed by atoms with Crippen LogP contribution in [0.15, 0.2) is 29.2 Å². The minimum atomic E-state index is -3.82. The lowest BCUT2D eigenvalue weighted by Gasteiger charge is -2.22. The van der Waals surface area contributed by atoms with Crippen molar-refractivity contribution in [1.82, 2.24) is 9.62 Å². The molecule has 0 saturated heterocycles. The second-order valence-electron chi connectivity index (χ2n) is 6.55. The topological polar surface area (TPSA) is 75.7 Å². The number of hydrogen-bond acceptors (Lipinski definition) is 4. The highest BCUT2D eigenvalue weighted by molar-refractivity contribution is 7.89. The van der Waals surface area contributed by atoms with Crippen molar-refractivity contribution >= 4 is 15.9 Å². The van der Waals surface area contributed by atoms with E-state index in [1.165, 1.54) is 38.4 Å². The Morgan fingerprint density at radius 1 is 1.23 bits per heavy atom. The fourth-order valence-electron chi connectivity index (χ4n) is 2.91. The third kappa shape index (κ3) is 6.34. The van der Waals surface area contributed by atoms with Crippen molar-refractivity contribution in [2.45, 2.75) is 49.5 Å². The van der Waals surface area contributed by atoms with E-state index in [1.807, 2.05) is 0 Å². The number of hydrogen-bond donors (Lipinski definition) is 1. The quantitative estimate of drug-likeness (QED) is 0.661. The molecule has 146 valence electrons. The molecule has 1 amide bonds. The number of carbonyl (C=O) groups is 1. The van der Waals surface area contributed by atoms with Crippen LogP contribution in [0.4, 0.5) is 4.39 Å². The zero-order valence-corrected chi connectivity index (χ0v) is 15.9. The molecule has 8 heteroatoms. The van der Waals surface area contributed by atoms with Crippen LogP contribution in [-0.2, 0) is 19.6 Å². The van der Waals surface area contributed by atoms with E-state index in [0.717, 1.165) is 29.3 Å². The Balaban J connectivity index is 1.68. The number of sulfonamides is 1. The van der Waals surface area contributed by atoms with Crippen LogP contribution in [0.3, 0.4) is 0 Å². The number of nitrogens with zero attached hydrogens (tertiary/aromatic N) is 1. The van der Waals surface area contributed by atoms with Gasteiger partial charge < -0.3 is 10.1 Å². The van der Waals surface area contributed by atoms with Crippen molar-refractivity contribution in [3.05, 3.63) is 30.1 Å². The summed E-state index contributed by atoms with van der Waals surface area (Å²) in [7, 11) is -2.50. The summed E-state index contributed by atoms with van der Waals surface area (Å²) in [6.07, 6.45) is 6.97. The number of ether oxygens (including phenoxy) is 1. The lowest BCUT2D eigenvalue weighted by Crippen LogP contribution is -2.38. The van der Waals surface area contributed by atoms with Gasteiger partial charge in [-0.25, -0.2) is 12.8 Å². The van der Waals surface area contributed by atoms with Crippen LogP contribution in [0.5, 0.6) is 0 Å². The number of rotatable bonds is 9. The molecule has 1 aliphatic carbocycles. The molecule has 0 aliphatic heterocycles. The average molecular weight is 386 g/mol. The molecule has 1 N–H and O–H groups in total. The molecule has 1 aromatic rings. The summed E-state index contributed by atoms with van der Waals surface area (Å²) in [5, 5.41) is 2.70. The van der Waals surface area contributed by atoms with Gasteiger partial charge in [-0.1, -0.05) is 19.3 Å². The highest BCUT2D eigenvalue weighted by Gasteiger charge is 2.22. The van der Waals surface area contributed by atoms with E-state index in [0.29, 0.717) is 25.7 Å². The van der Waals surface area contributed by atoms with E-state index in [9.17, 15) is 17.6 Å². The van der Waals surface area contributed by atoms with Gasteiger partial charge in [0, 0.05) is 20.2 Å². The van der Waals surface area contributed by atoms with Crippen molar-refractivity contribution in [3.63, 3.8) is 0 Å². The molecule has 2 rings (SSSR count). The molecule has 1 saturated carbocycles. The third-order valence-electron chi connectivity index (χ3n) is 4.44. The largest absolute Gasteiger partial charge is 0.378 e. The summed E-state index contributed by atoms with van der Waals surface area (Å²) >= 11 is 0. The van der Waals surface area contributed by atoms with Crippen molar-refractivity contribution < 1.29 is 22.3 Å². The Hall–Kier alpha value is -1.51. The van der Waals surface area contributed by atoms with Crippen LogP contribution in [0.25, 0.3) is 0 Å². The van der Waals surface area contributed by atoms with Gasteiger partial charge in [0.05, 0.1) is 17.5 Å². The molecule has 1 fully saturated rings. The van der Waals surface area contributed by atoms with Gasteiger partial charge >= 0.3 is 0 Å². The Morgan fingerprint density at radius 2 is 1.88 bits per heavy atom. The molecular weight excluding hydrogens is 359 g/mol. The molecule has 26 heavy (non-hydrogen) atoms. The minimum Gasteiger partial charge on any atom is -0.378 e. The minimum absolute atomic E-state index is 0.0462. The summed E-state index contributed by atoms with van der Waals surface area (Å²) in [6.45, 7) is 0.744. The zero-order chi connectivity index (χ0) is 19.0. The standard InChI is InChI=1S/C18H27FN2O4S/c1-21(26(23,24)17-10-8-15(19)9-11-17)14-18(22)20-12-5-13-25-16-6-3-2-4-7-16/h8-11,16H,2-7,12-14H2,1H3,(H,20,22). The maximum absolute atomic E-state index is 12.9. The number of benzene rings is 1. The fourth-order valence-corrected chi connectivity index (χ4v) is 4.04. The first-order chi connectivity index (χ1) is 12.4. The van der Waals surface area contributed by atoms with Gasteiger partial charge in [-0.15, -0.1) is 0 Å². The molecule has 6 nitrogen and oxygen atoms in total. The Bertz CT molecular complexity index is 673. The lowest BCUT2D eigenvalue weighted by molar-refractivity contribution is -0.121. The van der Waals surface area contributed by atoms with E-state index in [4.69, 9.17) is 4.74 Å². The molecule has 1 aromatic carbocycles. The van der Waals surface area contributed by atoms with Crippen LogP contribution < -0.4 is 5.32 Å². The Kier molecular flexibility index (Phi) is 7.99. The molecule has 0 heterocycles. The normalized spacial score (nSPS) is 16.0. The molecule has 0 unspecified atom stereocenters. The van der Waals surface area contributed by atoms with Crippen LogP contribution in [0.1, 0.15) is 38.5 Å². The number of halogens is 1. The molecule has 1 aliphatic rings. The monoisotopic (exact) mass is 386 g/mol. The van der Waals surface area contributed by atoms with Gasteiger partial charge in [0.2, 0.25) is 15.9 Å². The van der Waals surface area contributed by atoms with E-state index >= 15 is 0 Å². The first-order valence-corrected chi connectivity index (χ1v) is 10.4. The van der Waals surface area contributed by atoms with Crippen molar-refractivity contribution in [2.24, 2.45) is 0 Å². The van der Waals surface area contributed by atoms with Gasteiger partial charge in [-0.2, -0.15) is 4.31 Å². The van der Waals surface area contributed by atoms with Crippen LogP contribution in [0.2, 0.25) is 0 Å². The highest BCUT2D eigenvalue weighted by Crippen LogP contribution is 2.20. The van der Waals surface area contributed by atoms with Gasteiger partial charge in [-0.3, -0.25) is 4.79 Å². The maximum Gasteiger partial charge on any atom is 0.243 e. The Morgan fingerprint density at radius 3 is 2.54 bits per heavy atom. The van der Waals surface area contributed by atoms with Gasteiger partial charge in [0.15, 0.2) is 0 Å². The summed E-state index contributed by atoms with van der Waals surface area (Å²) in [6, 6.07) is 4.52. The zero-order valence-electron chi connectivity index (χ0n) is 15.1. The molecule has 0 aromatic heterocycles. The number of amides is 1. The van der Waals surface area contributed by atoms with E-state index < -0.39 is 15.8 Å². The second-order valence-corrected chi connectivity index (χ2v) is 8.59. The van der Waals surface area contributed by atoms with Crippen molar-refractivity contribution in [2.75, 3.05) is 26.7 Å². The third-order valence-corrected chi connectivity index (χ3v) is 6.25. The van der Waals surface area contributed by atoms with Crippen LogP contribution >= 0.6 is 0 Å². The smallest absolute Gasteiger partial charge is 0.243 e. The van der Waals surface area contributed by atoms with Gasteiger partial charge in [0.1, 0.15) is 5.82 Å². The molecular formula is C18H27FN2O4S. The second kappa shape index (κ2) is 9.99. The number of likely N-dealkylation sites (N-methyl/N-ethyl adjacent to an activating group) is 1. The lowest BCUT2D eigenvalue weighted by atomic mass is 9.98. The average Bonchev–Trinajstić information content (AvgIpc) is 2.62. The van der Waals surface area contributed by atoms with Gasteiger partial charge in [-0.05, 0) is 43.5 Å². The Labute approximate surface area is 154 Å². The SMILES string of the molecule is CN(CC(=O)NCCCOC1CCCCC1)S(=O)(=O)c1ccc(F)cc1. The number of nitrogens with one attached hydrogen (secondary N) is 1. The fraction of sp³-hybridized carbons (Fsp3) is 0.611. The predicted molar refractivity (Wildman–Crippen MR) is 96.7 cm³/mol. The highest BCUT2D eigenvalue weighted by atomic mass is 32.2. The van der Waals surface area contributed by atoms with Gasteiger partial charge in [0.25, 0.3) is 0 Å². The van der Waals surface area contributed by atoms with Crippen molar-refractivity contribution in [3.8, 4) is 0 Å². The predicted octanol–water partition coefficient (Wildman–Crippen LogP) is 2.30. The first kappa shape index (κ1) is 20.8. The summed E-state index contributed by atoms with van der Waals surface area (Å²) < 4.78 is 44.3. The number of carbonyl (C=O) groups excluding carboxylic acids is 1. The van der Waals surface area contributed by atoms with Crippen molar-refractivity contribution in [1.29, 1.82) is 0 Å². The van der Waals surface area contributed by atoms with Crippen LogP contribution in [-0.4, -0.2) is 51.5 Å². The van der Waals surface area contributed by atoms with E-state index in [-0.39, 0.29) is 17.3 Å². The van der Waals surface area contributed by atoms with E-state index in [2.05, 4.69) is 5.32 Å².